The zero-order valence-corrected chi connectivity index (χ0v) is 32.4. The summed E-state index contributed by atoms with van der Waals surface area (Å²) in [6.45, 7) is 0. The van der Waals surface area contributed by atoms with Gasteiger partial charge in [-0.1, -0.05) is 121 Å². The van der Waals surface area contributed by atoms with Crippen molar-refractivity contribution in [3.05, 3.63) is 176 Å². The molecule has 0 fully saturated rings. The second-order valence-corrected chi connectivity index (χ2v) is 17.0. The van der Waals surface area contributed by atoms with E-state index in [-0.39, 0.29) is 0 Å². The first kappa shape index (κ1) is 32.0. The van der Waals surface area contributed by atoms with Gasteiger partial charge in [-0.25, -0.2) is 9.97 Å². The number of furan rings is 1. The number of rotatable bonds is 4. The van der Waals surface area contributed by atoms with E-state index in [9.17, 15) is 0 Å². The standard InChI is InChI=1S/C52H29N3OS2/c1-2-12-30(13-3-1)49-51-50(37-16-6-9-22-44(37)58-51)54-52(53-49)38-18-10-21-43-47(38)39-28-31(24-27-42(39)56-43)33-17-11-23-45-48(33)36-26-25-32(29-46(36)57-45)55-40-19-7-4-14-34(40)35-15-5-8-20-41(35)55/h1-29H. The molecule has 13 aromatic rings. The summed E-state index contributed by atoms with van der Waals surface area (Å²) in [6, 6.07) is 62.9. The fourth-order valence-electron chi connectivity index (χ4n) is 9.08. The molecule has 0 radical (unpaired) electrons. The van der Waals surface area contributed by atoms with E-state index in [0.717, 1.165) is 59.9 Å². The van der Waals surface area contributed by atoms with Crippen molar-refractivity contribution in [3.8, 4) is 39.5 Å². The summed E-state index contributed by atoms with van der Waals surface area (Å²) in [5, 5.41) is 8.29. The Morgan fingerprint density at radius 1 is 0.431 bits per heavy atom. The van der Waals surface area contributed by atoms with Crippen LogP contribution < -0.4 is 0 Å². The minimum absolute atomic E-state index is 0.693. The highest BCUT2D eigenvalue weighted by molar-refractivity contribution is 7.26. The molecule has 270 valence electrons. The molecule has 5 heterocycles. The van der Waals surface area contributed by atoms with E-state index in [0.29, 0.717) is 5.82 Å². The zero-order valence-electron chi connectivity index (χ0n) is 30.8. The van der Waals surface area contributed by atoms with Gasteiger partial charge in [-0.3, -0.25) is 0 Å². The average molecular weight is 776 g/mol. The lowest BCUT2D eigenvalue weighted by molar-refractivity contribution is 0.669. The predicted octanol–water partition coefficient (Wildman–Crippen LogP) is 15.2. The van der Waals surface area contributed by atoms with Crippen molar-refractivity contribution in [1.82, 2.24) is 14.5 Å². The Kier molecular flexibility index (Phi) is 6.73. The Morgan fingerprint density at radius 3 is 2.00 bits per heavy atom. The molecule has 0 aliphatic carbocycles. The lowest BCUT2D eigenvalue weighted by Crippen LogP contribution is -1.94. The van der Waals surface area contributed by atoms with Crippen LogP contribution in [0.5, 0.6) is 0 Å². The maximum absolute atomic E-state index is 6.56. The summed E-state index contributed by atoms with van der Waals surface area (Å²) < 4.78 is 13.8. The van der Waals surface area contributed by atoms with E-state index in [2.05, 4.69) is 168 Å². The molecule has 4 nitrogen and oxygen atoms in total. The molecule has 13 rings (SSSR count). The largest absolute Gasteiger partial charge is 0.456 e. The molecule has 5 aromatic heterocycles. The van der Waals surface area contributed by atoms with Crippen molar-refractivity contribution in [1.29, 1.82) is 0 Å². The number of para-hydroxylation sites is 2. The number of fused-ring (bicyclic) bond motifs is 12. The van der Waals surface area contributed by atoms with Gasteiger partial charge in [0.05, 0.1) is 26.9 Å². The summed E-state index contributed by atoms with van der Waals surface area (Å²) in [6.07, 6.45) is 0. The highest BCUT2D eigenvalue weighted by Gasteiger charge is 2.21. The third-order valence-corrected chi connectivity index (χ3v) is 13.9. The average Bonchev–Trinajstić information content (AvgIpc) is 4.04. The smallest absolute Gasteiger partial charge is 0.161 e. The monoisotopic (exact) mass is 775 g/mol. The fraction of sp³-hybridized carbons (Fsp3) is 0. The molecule has 0 atom stereocenters. The number of aromatic nitrogens is 3. The highest BCUT2D eigenvalue weighted by atomic mass is 32.1. The van der Waals surface area contributed by atoms with Gasteiger partial charge in [-0.15, -0.1) is 22.7 Å². The maximum Gasteiger partial charge on any atom is 0.161 e. The number of hydrogen-bond donors (Lipinski definition) is 0. The lowest BCUT2D eigenvalue weighted by Gasteiger charge is -2.09. The van der Waals surface area contributed by atoms with Crippen molar-refractivity contribution in [3.63, 3.8) is 0 Å². The van der Waals surface area contributed by atoms with Crippen molar-refractivity contribution < 1.29 is 4.42 Å². The van der Waals surface area contributed by atoms with Crippen LogP contribution in [0.2, 0.25) is 0 Å². The Balaban J connectivity index is 1.00. The first-order valence-electron chi connectivity index (χ1n) is 19.4. The van der Waals surface area contributed by atoms with Gasteiger partial charge in [0.25, 0.3) is 0 Å². The highest BCUT2D eigenvalue weighted by Crippen LogP contribution is 2.45. The number of nitrogens with zero attached hydrogens (tertiary/aromatic N) is 3. The second kappa shape index (κ2) is 12.2. The maximum atomic E-state index is 6.56. The van der Waals surface area contributed by atoms with Crippen LogP contribution in [-0.2, 0) is 0 Å². The van der Waals surface area contributed by atoms with E-state index >= 15 is 0 Å². The summed E-state index contributed by atoms with van der Waals surface area (Å²) in [7, 11) is 0. The Morgan fingerprint density at radius 2 is 1.16 bits per heavy atom. The molecule has 0 N–H and O–H groups in total. The van der Waals surface area contributed by atoms with E-state index < -0.39 is 0 Å². The van der Waals surface area contributed by atoms with Gasteiger partial charge in [-0.05, 0) is 65.7 Å². The normalized spacial score (nSPS) is 12.1. The first-order chi connectivity index (χ1) is 28.7. The molecule has 0 aliphatic rings. The quantitative estimate of drug-likeness (QED) is 0.179. The van der Waals surface area contributed by atoms with Crippen molar-refractivity contribution in [2.24, 2.45) is 0 Å². The van der Waals surface area contributed by atoms with Gasteiger partial charge >= 0.3 is 0 Å². The first-order valence-corrected chi connectivity index (χ1v) is 21.0. The molecular weight excluding hydrogens is 747 g/mol. The minimum atomic E-state index is 0.693. The predicted molar refractivity (Wildman–Crippen MR) is 246 cm³/mol. The van der Waals surface area contributed by atoms with Crippen LogP contribution >= 0.6 is 22.7 Å². The van der Waals surface area contributed by atoms with Crippen LogP contribution in [0, 0.1) is 0 Å². The summed E-state index contributed by atoms with van der Waals surface area (Å²) in [5.41, 5.74) is 11.6. The van der Waals surface area contributed by atoms with Crippen molar-refractivity contribution in [2.45, 2.75) is 0 Å². The van der Waals surface area contributed by atoms with Gasteiger partial charge in [0.2, 0.25) is 0 Å². The molecule has 0 saturated heterocycles. The molecule has 0 amide bonds. The Bertz CT molecular complexity index is 3760. The van der Waals surface area contributed by atoms with Gasteiger partial charge in [0, 0.05) is 68.6 Å². The Labute approximate surface area is 339 Å². The number of benzene rings is 8. The SMILES string of the molecule is c1ccc(-c2nc(-c3cccc4oc5ccc(-c6cccc7sc8cc(-n9c%10ccccc%10c%10ccccc%109)ccc8c67)cc5c34)nc3c2sc2ccccc23)cc1. The minimum Gasteiger partial charge on any atom is -0.456 e. The molecule has 0 aliphatic heterocycles. The molecule has 0 bridgehead atoms. The zero-order chi connectivity index (χ0) is 37.9. The second-order valence-electron chi connectivity index (χ2n) is 14.9. The van der Waals surface area contributed by atoms with E-state index in [4.69, 9.17) is 14.4 Å². The van der Waals surface area contributed by atoms with Gasteiger partial charge in [0.15, 0.2) is 5.82 Å². The lowest BCUT2D eigenvalue weighted by atomic mass is 9.97. The molecule has 0 unspecified atom stereocenters. The fourth-order valence-corrected chi connectivity index (χ4v) is 11.4. The van der Waals surface area contributed by atoms with Crippen molar-refractivity contribution >= 4 is 107 Å². The van der Waals surface area contributed by atoms with Crippen LogP contribution in [0.4, 0.5) is 0 Å². The van der Waals surface area contributed by atoms with Crippen LogP contribution in [0.15, 0.2) is 180 Å². The summed E-state index contributed by atoms with van der Waals surface area (Å²) in [4.78, 5) is 10.7. The number of hydrogen-bond acceptors (Lipinski definition) is 5. The van der Waals surface area contributed by atoms with Crippen LogP contribution in [0.1, 0.15) is 0 Å². The van der Waals surface area contributed by atoms with Gasteiger partial charge < -0.3 is 8.98 Å². The topological polar surface area (TPSA) is 43.9 Å². The van der Waals surface area contributed by atoms with E-state index in [1.165, 1.54) is 57.9 Å². The molecule has 58 heavy (non-hydrogen) atoms. The van der Waals surface area contributed by atoms with Gasteiger partial charge in [-0.2, -0.15) is 0 Å². The van der Waals surface area contributed by atoms with Crippen LogP contribution in [0.25, 0.3) is 124 Å². The summed E-state index contributed by atoms with van der Waals surface area (Å²) >= 11 is 3.61. The van der Waals surface area contributed by atoms with Crippen LogP contribution in [0.3, 0.4) is 0 Å². The third kappa shape index (κ3) is 4.61. The third-order valence-electron chi connectivity index (χ3n) is 11.6. The van der Waals surface area contributed by atoms with E-state index in [1.54, 1.807) is 11.3 Å². The molecule has 6 heteroatoms. The molecule has 0 saturated carbocycles. The molecule has 0 spiro atoms. The van der Waals surface area contributed by atoms with Crippen LogP contribution in [-0.4, -0.2) is 14.5 Å². The number of thiophene rings is 2. The molecule has 8 aromatic carbocycles. The van der Waals surface area contributed by atoms with E-state index in [1.807, 2.05) is 23.5 Å². The van der Waals surface area contributed by atoms with Gasteiger partial charge in [0.1, 0.15) is 11.2 Å². The Hall–Kier alpha value is -7.12. The molecular formula is C52H29N3OS2. The van der Waals surface area contributed by atoms with Crippen molar-refractivity contribution in [2.75, 3.05) is 0 Å². The summed E-state index contributed by atoms with van der Waals surface area (Å²) in [5.74, 6) is 0.693.